The average Bonchev–Trinajstić information content (AvgIpc) is 2.57. The van der Waals surface area contributed by atoms with Crippen LogP contribution in [0.2, 0.25) is 10.0 Å². The Hall–Kier alpha value is -2.36. The molecule has 0 bridgehead atoms. The summed E-state index contributed by atoms with van der Waals surface area (Å²) in [5.74, 6) is 4.68. The predicted octanol–water partition coefficient (Wildman–Crippen LogP) is 4.56. The third-order valence-corrected chi connectivity index (χ3v) is 3.61. The minimum atomic E-state index is -4.49. The van der Waals surface area contributed by atoms with Gasteiger partial charge < -0.3 is 10.1 Å². The van der Waals surface area contributed by atoms with E-state index in [1.807, 2.05) is 0 Å². The maximum Gasteiger partial charge on any atom is 0.417 e. The van der Waals surface area contributed by atoms with Crippen molar-refractivity contribution in [2.45, 2.75) is 6.18 Å². The Balaban J connectivity index is 1.87. The molecule has 2 rings (SSSR count). The Bertz CT molecular complexity index is 857. The molecule has 0 aromatic heterocycles. The first kappa shape index (κ1) is 20.0. The number of ether oxygens (including phenoxy) is 1. The molecule has 0 aliphatic carbocycles. The van der Waals surface area contributed by atoms with Gasteiger partial charge in [0.15, 0.2) is 6.61 Å². The number of hydrogen-bond donors (Lipinski definition) is 1. The van der Waals surface area contributed by atoms with Crippen LogP contribution < -0.4 is 10.1 Å². The monoisotopic (exact) mass is 401 g/mol. The van der Waals surface area contributed by atoms with Crippen molar-refractivity contribution < 1.29 is 22.7 Å². The lowest BCUT2D eigenvalue weighted by Gasteiger charge is -2.08. The molecule has 0 aliphatic heterocycles. The minimum absolute atomic E-state index is 0.122. The quantitative estimate of drug-likeness (QED) is 0.762. The maximum atomic E-state index is 12.8. The first-order valence-electron chi connectivity index (χ1n) is 7.27. The molecule has 0 radical (unpaired) electrons. The fourth-order valence-electron chi connectivity index (χ4n) is 1.91. The van der Waals surface area contributed by atoms with Gasteiger partial charge in [-0.2, -0.15) is 13.2 Å². The number of carbonyl (C=O) groups excluding carboxylic acids is 1. The molecule has 26 heavy (non-hydrogen) atoms. The fraction of sp³-hybridized carbons (Fsp3) is 0.167. The normalized spacial score (nSPS) is 10.7. The minimum Gasteiger partial charge on any atom is -0.482 e. The van der Waals surface area contributed by atoms with Crippen LogP contribution in [-0.2, 0) is 11.0 Å². The van der Waals surface area contributed by atoms with Crippen LogP contribution in [0.3, 0.4) is 0 Å². The topological polar surface area (TPSA) is 38.3 Å². The molecule has 8 heteroatoms. The highest BCUT2D eigenvalue weighted by molar-refractivity contribution is 6.35. The second-order valence-corrected chi connectivity index (χ2v) is 5.83. The molecule has 136 valence electrons. The zero-order chi connectivity index (χ0) is 19.2. The summed E-state index contributed by atoms with van der Waals surface area (Å²) >= 11 is 11.7. The highest BCUT2D eigenvalue weighted by atomic mass is 35.5. The predicted molar refractivity (Wildman–Crippen MR) is 93.3 cm³/mol. The number of rotatable bonds is 4. The standard InChI is InChI=1S/C18H12Cl2F3NO2/c19-13-7-8-16(15(20)10-13)26-11-17(25)24-9-3-5-12-4-1-2-6-14(12)18(21,22)23/h1-2,4,6-8,10H,9,11H2,(H,24,25). The zero-order valence-corrected chi connectivity index (χ0v) is 14.7. The van der Waals surface area contributed by atoms with Gasteiger partial charge in [-0.25, -0.2) is 0 Å². The van der Waals surface area contributed by atoms with Gasteiger partial charge in [0.05, 0.1) is 17.1 Å². The van der Waals surface area contributed by atoms with E-state index < -0.39 is 17.6 Å². The molecule has 0 unspecified atom stereocenters. The van der Waals surface area contributed by atoms with Gasteiger partial charge in [0.2, 0.25) is 0 Å². The molecule has 2 aromatic rings. The van der Waals surface area contributed by atoms with E-state index in [-0.39, 0.29) is 29.5 Å². The van der Waals surface area contributed by atoms with E-state index in [2.05, 4.69) is 17.2 Å². The molecule has 0 atom stereocenters. The second kappa shape index (κ2) is 8.84. The summed E-state index contributed by atoms with van der Waals surface area (Å²) in [5.41, 5.74) is -0.974. The van der Waals surface area contributed by atoms with Gasteiger partial charge in [0.1, 0.15) is 5.75 Å². The number of halogens is 5. The van der Waals surface area contributed by atoms with Crippen molar-refractivity contribution in [2.75, 3.05) is 13.2 Å². The second-order valence-electron chi connectivity index (χ2n) is 4.99. The van der Waals surface area contributed by atoms with E-state index >= 15 is 0 Å². The molecule has 0 aliphatic rings. The smallest absolute Gasteiger partial charge is 0.417 e. The zero-order valence-electron chi connectivity index (χ0n) is 13.2. The highest BCUT2D eigenvalue weighted by Gasteiger charge is 2.32. The van der Waals surface area contributed by atoms with Crippen LogP contribution in [0.1, 0.15) is 11.1 Å². The van der Waals surface area contributed by atoms with Crippen molar-refractivity contribution >= 4 is 29.1 Å². The number of hydrogen-bond acceptors (Lipinski definition) is 2. The van der Waals surface area contributed by atoms with Gasteiger partial charge in [-0.3, -0.25) is 4.79 Å². The molecule has 1 amide bonds. The molecular weight excluding hydrogens is 390 g/mol. The largest absolute Gasteiger partial charge is 0.482 e. The van der Waals surface area contributed by atoms with Crippen LogP contribution in [0.15, 0.2) is 42.5 Å². The number of benzene rings is 2. The average molecular weight is 402 g/mol. The molecule has 3 nitrogen and oxygen atoms in total. The number of nitrogens with one attached hydrogen (secondary N) is 1. The third-order valence-electron chi connectivity index (χ3n) is 3.08. The Morgan fingerprint density at radius 2 is 1.88 bits per heavy atom. The van der Waals surface area contributed by atoms with E-state index in [9.17, 15) is 18.0 Å². The van der Waals surface area contributed by atoms with E-state index in [4.69, 9.17) is 27.9 Å². The Morgan fingerprint density at radius 3 is 2.58 bits per heavy atom. The summed E-state index contributed by atoms with van der Waals surface area (Å²) in [4.78, 5) is 11.7. The summed E-state index contributed by atoms with van der Waals surface area (Å²) in [6.07, 6.45) is -4.49. The van der Waals surface area contributed by atoms with Crippen molar-refractivity contribution in [2.24, 2.45) is 0 Å². The molecule has 1 N–H and O–H groups in total. The van der Waals surface area contributed by atoms with Crippen molar-refractivity contribution in [3.05, 3.63) is 63.6 Å². The first-order chi connectivity index (χ1) is 12.3. The van der Waals surface area contributed by atoms with Gasteiger partial charge in [0, 0.05) is 10.6 Å². The summed E-state index contributed by atoms with van der Waals surface area (Å²) in [7, 11) is 0. The van der Waals surface area contributed by atoms with Crippen LogP contribution >= 0.6 is 23.2 Å². The van der Waals surface area contributed by atoms with Gasteiger partial charge >= 0.3 is 6.18 Å². The summed E-state index contributed by atoms with van der Waals surface area (Å²) in [6, 6.07) is 9.52. The third kappa shape index (κ3) is 5.87. The summed E-state index contributed by atoms with van der Waals surface area (Å²) in [5, 5.41) is 3.11. The summed E-state index contributed by atoms with van der Waals surface area (Å²) in [6.45, 7) is -0.440. The lowest BCUT2D eigenvalue weighted by molar-refractivity contribution is -0.137. The van der Waals surface area contributed by atoms with Gasteiger partial charge in [-0.1, -0.05) is 47.2 Å². The van der Waals surface area contributed by atoms with Crippen molar-refractivity contribution in [3.63, 3.8) is 0 Å². The van der Waals surface area contributed by atoms with Gasteiger partial charge in [-0.05, 0) is 30.3 Å². The van der Waals surface area contributed by atoms with Crippen LogP contribution in [0.25, 0.3) is 0 Å². The van der Waals surface area contributed by atoms with Crippen molar-refractivity contribution in [1.29, 1.82) is 0 Å². The van der Waals surface area contributed by atoms with Gasteiger partial charge in [-0.15, -0.1) is 0 Å². The number of amides is 1. The van der Waals surface area contributed by atoms with Crippen LogP contribution in [0.5, 0.6) is 5.75 Å². The molecular formula is C18H12Cl2F3NO2. The van der Waals surface area contributed by atoms with Crippen LogP contribution in [0.4, 0.5) is 13.2 Å². The molecule has 0 spiro atoms. The van der Waals surface area contributed by atoms with Crippen molar-refractivity contribution in [3.8, 4) is 17.6 Å². The van der Waals surface area contributed by atoms with Gasteiger partial charge in [0.25, 0.3) is 5.91 Å². The van der Waals surface area contributed by atoms with E-state index in [1.165, 1.54) is 30.3 Å². The molecule has 2 aromatic carbocycles. The summed E-state index contributed by atoms with van der Waals surface area (Å²) < 4.78 is 43.7. The number of alkyl halides is 3. The maximum absolute atomic E-state index is 12.8. The van der Waals surface area contributed by atoms with E-state index in [0.29, 0.717) is 5.02 Å². The van der Waals surface area contributed by atoms with E-state index in [0.717, 1.165) is 6.07 Å². The van der Waals surface area contributed by atoms with Crippen molar-refractivity contribution in [1.82, 2.24) is 5.32 Å². The first-order valence-corrected chi connectivity index (χ1v) is 8.02. The van der Waals surface area contributed by atoms with Crippen LogP contribution in [0, 0.1) is 11.8 Å². The lowest BCUT2D eigenvalue weighted by atomic mass is 10.1. The Kier molecular flexibility index (Phi) is 6.78. The Labute approximate surface area is 158 Å². The lowest BCUT2D eigenvalue weighted by Crippen LogP contribution is -2.29. The fourth-order valence-corrected chi connectivity index (χ4v) is 2.37. The molecule has 0 saturated heterocycles. The molecule has 0 heterocycles. The molecule has 0 fully saturated rings. The van der Waals surface area contributed by atoms with E-state index in [1.54, 1.807) is 6.07 Å². The number of carbonyl (C=O) groups is 1. The molecule has 0 saturated carbocycles. The van der Waals surface area contributed by atoms with Crippen LogP contribution in [-0.4, -0.2) is 19.1 Å². The highest BCUT2D eigenvalue weighted by Crippen LogP contribution is 2.31. The SMILES string of the molecule is O=C(COc1ccc(Cl)cc1Cl)NCC#Cc1ccccc1C(F)(F)F. The Morgan fingerprint density at radius 1 is 1.15 bits per heavy atom.